The number of nitrogens with zero attached hydrogens (tertiary/aromatic N) is 2. The summed E-state index contributed by atoms with van der Waals surface area (Å²) in [6.07, 6.45) is 3.59. The molecular formula is C21H32N2O3. The van der Waals surface area contributed by atoms with Crippen LogP contribution in [0.1, 0.15) is 36.8 Å². The summed E-state index contributed by atoms with van der Waals surface area (Å²) < 4.78 is 5.76. The molecule has 5 heteroatoms. The lowest BCUT2D eigenvalue weighted by Crippen LogP contribution is -2.44. The summed E-state index contributed by atoms with van der Waals surface area (Å²) in [6.45, 7) is 8.63. The van der Waals surface area contributed by atoms with E-state index in [-0.39, 0.29) is 5.92 Å². The minimum Gasteiger partial charge on any atom is -0.491 e. The maximum absolute atomic E-state index is 12.5. The summed E-state index contributed by atoms with van der Waals surface area (Å²) in [4.78, 5) is 16.8. The summed E-state index contributed by atoms with van der Waals surface area (Å²) in [5, 5.41) is 10.3. The van der Waals surface area contributed by atoms with E-state index < -0.39 is 6.10 Å². The standard InChI is InChI=1S/C21H32N2O3/c1-16-11-17(2)13-20(12-16)26-15-19(24)14-22-9-5-18(6-10-22)21(25)23-7-3-4-8-23/h11-13,18-19,24H,3-10,14-15H2,1-2H3. The normalized spacial score (nSPS) is 20.3. The maximum Gasteiger partial charge on any atom is 0.225 e. The number of β-amino-alcohol motifs (C(OH)–C–C–N with tert-alkyl or cyclic N) is 1. The fourth-order valence-corrected chi connectivity index (χ4v) is 4.12. The molecule has 5 nitrogen and oxygen atoms in total. The number of ether oxygens (including phenoxy) is 1. The summed E-state index contributed by atoms with van der Waals surface area (Å²) in [7, 11) is 0. The van der Waals surface area contributed by atoms with Gasteiger partial charge in [0.15, 0.2) is 0 Å². The number of carbonyl (C=O) groups excluding carboxylic acids is 1. The van der Waals surface area contributed by atoms with E-state index in [1.54, 1.807) is 0 Å². The smallest absolute Gasteiger partial charge is 0.225 e. The molecule has 26 heavy (non-hydrogen) atoms. The molecule has 0 aromatic heterocycles. The van der Waals surface area contributed by atoms with E-state index in [4.69, 9.17) is 4.74 Å². The Bertz CT molecular complexity index is 585. The van der Waals surface area contributed by atoms with Crippen molar-refractivity contribution >= 4 is 5.91 Å². The Balaban J connectivity index is 1.39. The fourth-order valence-electron chi connectivity index (χ4n) is 4.12. The second kappa shape index (κ2) is 8.87. The second-order valence-corrected chi connectivity index (χ2v) is 7.90. The Kier molecular flexibility index (Phi) is 6.54. The third-order valence-electron chi connectivity index (χ3n) is 5.46. The van der Waals surface area contributed by atoms with Gasteiger partial charge >= 0.3 is 0 Å². The lowest BCUT2D eigenvalue weighted by molar-refractivity contribution is -0.136. The third-order valence-corrected chi connectivity index (χ3v) is 5.46. The largest absolute Gasteiger partial charge is 0.491 e. The average molecular weight is 360 g/mol. The zero-order valence-corrected chi connectivity index (χ0v) is 16.1. The predicted octanol–water partition coefficient (Wildman–Crippen LogP) is 2.38. The first-order valence-electron chi connectivity index (χ1n) is 9.91. The molecule has 2 heterocycles. The number of aliphatic hydroxyl groups is 1. The molecule has 1 aromatic rings. The van der Waals surface area contributed by atoms with E-state index in [1.165, 1.54) is 11.1 Å². The second-order valence-electron chi connectivity index (χ2n) is 7.90. The Hall–Kier alpha value is -1.59. The van der Waals surface area contributed by atoms with Crippen molar-refractivity contribution in [1.29, 1.82) is 0 Å². The molecule has 1 N–H and O–H groups in total. The molecule has 0 bridgehead atoms. The monoisotopic (exact) mass is 360 g/mol. The highest BCUT2D eigenvalue weighted by Crippen LogP contribution is 2.22. The van der Waals surface area contributed by atoms with Crippen molar-refractivity contribution in [2.75, 3.05) is 39.3 Å². The maximum atomic E-state index is 12.5. The number of aryl methyl sites for hydroxylation is 2. The van der Waals surface area contributed by atoms with E-state index in [0.717, 1.165) is 57.6 Å². The zero-order valence-electron chi connectivity index (χ0n) is 16.1. The molecule has 1 unspecified atom stereocenters. The topological polar surface area (TPSA) is 53.0 Å². The SMILES string of the molecule is Cc1cc(C)cc(OCC(O)CN2CCC(C(=O)N3CCCC3)CC2)c1. The van der Waals surface area contributed by atoms with Crippen LogP contribution in [0.15, 0.2) is 18.2 Å². The van der Waals surface area contributed by atoms with Crippen LogP contribution in [0.5, 0.6) is 5.75 Å². The molecule has 3 rings (SSSR count). The van der Waals surface area contributed by atoms with Gasteiger partial charge in [-0.15, -0.1) is 0 Å². The molecule has 1 aromatic carbocycles. The van der Waals surface area contributed by atoms with E-state index >= 15 is 0 Å². The molecule has 0 spiro atoms. The lowest BCUT2D eigenvalue weighted by atomic mass is 9.95. The van der Waals surface area contributed by atoms with Crippen molar-refractivity contribution in [1.82, 2.24) is 9.80 Å². The minimum absolute atomic E-state index is 0.174. The Morgan fingerprint density at radius 1 is 1.12 bits per heavy atom. The number of hydrogen-bond acceptors (Lipinski definition) is 4. The van der Waals surface area contributed by atoms with Crippen molar-refractivity contribution in [3.63, 3.8) is 0 Å². The number of amides is 1. The van der Waals surface area contributed by atoms with Crippen LogP contribution in [0, 0.1) is 19.8 Å². The number of rotatable bonds is 6. The minimum atomic E-state index is -0.512. The van der Waals surface area contributed by atoms with Crippen LogP contribution in [0.2, 0.25) is 0 Å². The quantitative estimate of drug-likeness (QED) is 0.846. The third kappa shape index (κ3) is 5.21. The van der Waals surface area contributed by atoms with Crippen LogP contribution in [-0.2, 0) is 4.79 Å². The van der Waals surface area contributed by atoms with Crippen LogP contribution in [0.3, 0.4) is 0 Å². The van der Waals surface area contributed by atoms with Crippen molar-refractivity contribution < 1.29 is 14.6 Å². The van der Waals surface area contributed by atoms with Gasteiger partial charge < -0.3 is 19.6 Å². The van der Waals surface area contributed by atoms with Crippen molar-refractivity contribution in [2.45, 2.75) is 45.6 Å². The van der Waals surface area contributed by atoms with Crippen molar-refractivity contribution in [2.24, 2.45) is 5.92 Å². The summed E-state index contributed by atoms with van der Waals surface area (Å²) in [5.74, 6) is 1.34. The summed E-state index contributed by atoms with van der Waals surface area (Å²) in [5.41, 5.74) is 2.33. The highest BCUT2D eigenvalue weighted by atomic mass is 16.5. The van der Waals surface area contributed by atoms with Gasteiger partial charge in [0.1, 0.15) is 18.5 Å². The van der Waals surface area contributed by atoms with Gasteiger partial charge in [-0.3, -0.25) is 4.79 Å². The number of carbonyl (C=O) groups is 1. The first-order chi connectivity index (χ1) is 12.5. The Morgan fingerprint density at radius 3 is 2.35 bits per heavy atom. The van der Waals surface area contributed by atoms with E-state index in [9.17, 15) is 9.90 Å². The molecule has 0 aliphatic carbocycles. The van der Waals surface area contributed by atoms with Crippen molar-refractivity contribution in [3.05, 3.63) is 29.3 Å². The van der Waals surface area contributed by atoms with Crippen LogP contribution in [0.4, 0.5) is 0 Å². The molecule has 2 aliphatic rings. The van der Waals surface area contributed by atoms with E-state index in [1.807, 2.05) is 30.9 Å². The Labute approximate surface area is 156 Å². The molecule has 0 saturated carbocycles. The number of likely N-dealkylation sites (tertiary alicyclic amines) is 2. The molecule has 2 aliphatic heterocycles. The molecule has 2 fully saturated rings. The van der Waals surface area contributed by atoms with E-state index in [0.29, 0.717) is 19.1 Å². The lowest BCUT2D eigenvalue weighted by Gasteiger charge is -2.34. The molecule has 1 amide bonds. The number of hydrogen-bond donors (Lipinski definition) is 1. The number of benzene rings is 1. The van der Waals surface area contributed by atoms with Gasteiger partial charge in [0.05, 0.1) is 0 Å². The van der Waals surface area contributed by atoms with Crippen LogP contribution < -0.4 is 4.74 Å². The van der Waals surface area contributed by atoms with Gasteiger partial charge in [0.2, 0.25) is 5.91 Å². The average Bonchev–Trinajstić information content (AvgIpc) is 3.14. The molecule has 144 valence electrons. The van der Waals surface area contributed by atoms with Crippen LogP contribution >= 0.6 is 0 Å². The highest BCUT2D eigenvalue weighted by Gasteiger charge is 2.30. The van der Waals surface area contributed by atoms with Gasteiger partial charge in [-0.05, 0) is 75.9 Å². The van der Waals surface area contributed by atoms with Gasteiger partial charge in [0, 0.05) is 25.6 Å². The van der Waals surface area contributed by atoms with Gasteiger partial charge in [-0.25, -0.2) is 0 Å². The molecule has 1 atom stereocenters. The first kappa shape index (κ1) is 19.2. The summed E-state index contributed by atoms with van der Waals surface area (Å²) >= 11 is 0. The van der Waals surface area contributed by atoms with Crippen molar-refractivity contribution in [3.8, 4) is 5.75 Å². The Morgan fingerprint density at radius 2 is 1.73 bits per heavy atom. The first-order valence-corrected chi connectivity index (χ1v) is 9.91. The summed E-state index contributed by atoms with van der Waals surface area (Å²) in [6, 6.07) is 6.10. The predicted molar refractivity (Wildman–Crippen MR) is 102 cm³/mol. The highest BCUT2D eigenvalue weighted by molar-refractivity contribution is 5.79. The molecule has 0 radical (unpaired) electrons. The van der Waals surface area contributed by atoms with E-state index in [2.05, 4.69) is 11.0 Å². The fraction of sp³-hybridized carbons (Fsp3) is 0.667. The number of piperidine rings is 1. The van der Waals surface area contributed by atoms with Gasteiger partial charge in [-0.2, -0.15) is 0 Å². The molecular weight excluding hydrogens is 328 g/mol. The van der Waals surface area contributed by atoms with Crippen LogP contribution in [0.25, 0.3) is 0 Å². The zero-order chi connectivity index (χ0) is 18.5. The molecule has 2 saturated heterocycles. The number of aliphatic hydroxyl groups excluding tert-OH is 1. The van der Waals surface area contributed by atoms with Gasteiger partial charge in [0.25, 0.3) is 0 Å². The van der Waals surface area contributed by atoms with Crippen LogP contribution in [-0.4, -0.2) is 66.2 Å². The van der Waals surface area contributed by atoms with Gasteiger partial charge in [-0.1, -0.05) is 6.07 Å².